The van der Waals surface area contributed by atoms with Crippen LogP contribution >= 0.6 is 11.8 Å². The third kappa shape index (κ3) is 4.62. The molecule has 9 rings (SSSR count). The van der Waals surface area contributed by atoms with Crippen LogP contribution in [-0.2, 0) is 30.6 Å². The van der Waals surface area contributed by atoms with E-state index in [2.05, 4.69) is 62.4 Å². The first kappa shape index (κ1) is 28.9. The van der Waals surface area contributed by atoms with Gasteiger partial charge in [-0.25, -0.2) is 9.78 Å². The van der Waals surface area contributed by atoms with Crippen LogP contribution in [0, 0.1) is 23.7 Å². The first-order chi connectivity index (χ1) is 21.4. The fourth-order valence-corrected chi connectivity index (χ4v) is 9.64. The van der Waals surface area contributed by atoms with E-state index in [-0.39, 0.29) is 22.9 Å². The Bertz CT molecular complexity index is 1510. The number of fused-ring (bicyclic) bond motifs is 5. The minimum absolute atomic E-state index is 0.0891. The highest BCUT2D eigenvalue weighted by Crippen LogP contribution is 2.60. The lowest BCUT2D eigenvalue weighted by Gasteiger charge is -2.60. The van der Waals surface area contributed by atoms with Gasteiger partial charge in [0.2, 0.25) is 10.9 Å². The van der Waals surface area contributed by atoms with Gasteiger partial charge in [-0.05, 0) is 65.8 Å². The zero-order valence-corrected chi connectivity index (χ0v) is 26.4. The maximum absolute atomic E-state index is 13.2. The van der Waals surface area contributed by atoms with Gasteiger partial charge >= 0.3 is 0 Å². The molecule has 0 aromatic heterocycles. The van der Waals surface area contributed by atoms with Crippen molar-refractivity contribution in [3.8, 4) is 11.1 Å². The fourth-order valence-electron chi connectivity index (χ4n) is 8.66. The summed E-state index contributed by atoms with van der Waals surface area (Å²) in [6.07, 6.45) is 3.07. The average Bonchev–Trinajstić information content (AvgIpc) is 3.18. The van der Waals surface area contributed by atoms with Gasteiger partial charge < -0.3 is 14.2 Å². The van der Waals surface area contributed by atoms with E-state index in [0.717, 1.165) is 31.2 Å². The number of carbonyl (C=O) groups excluding carboxylic acids is 1. The Morgan fingerprint density at radius 3 is 2.32 bits per heavy atom. The molecule has 8 atom stereocenters. The predicted octanol–water partition coefficient (Wildman–Crippen LogP) is 8.10. The van der Waals surface area contributed by atoms with Crippen molar-refractivity contribution in [1.82, 2.24) is 0 Å². The minimum Gasteiger partial charge on any atom is -0.348 e. The van der Waals surface area contributed by atoms with Crippen LogP contribution in [0.5, 0.6) is 0 Å². The summed E-state index contributed by atoms with van der Waals surface area (Å²) in [4.78, 5) is 25.4. The standard InChI is InChI=1S/C37H40O6S/c1-22-12-17-32-23(2)34(40-35-37(32)31(22)18-19-36(3,41-35)42-43-37)39-20-24-13-15-25(16-14-24)33(38)44-21-30-28-10-6-4-8-26(28)27-9-5-7-11-29(27)30/h4-11,13-16,22-23,30-32,34-35H,12,17-21H2,1-3H3/t22-,23-,31+,32+,34+,35-,36-,37-/m1/s1. The molecule has 2 bridgehead atoms. The number of carbonyl (C=O) groups is 1. The zero-order valence-electron chi connectivity index (χ0n) is 25.6. The van der Waals surface area contributed by atoms with Gasteiger partial charge in [-0.3, -0.25) is 4.79 Å². The molecule has 4 aliphatic heterocycles. The van der Waals surface area contributed by atoms with E-state index >= 15 is 0 Å². The molecule has 1 saturated carbocycles. The number of hydrogen-bond donors (Lipinski definition) is 0. The molecular weight excluding hydrogens is 572 g/mol. The Morgan fingerprint density at radius 1 is 0.886 bits per heavy atom. The number of ether oxygens (including phenoxy) is 3. The van der Waals surface area contributed by atoms with Crippen LogP contribution in [0.4, 0.5) is 0 Å². The second-order valence-electron chi connectivity index (χ2n) is 13.6. The minimum atomic E-state index is -0.798. The molecule has 3 aromatic rings. The lowest BCUT2D eigenvalue weighted by molar-refractivity contribution is -0.577. The Balaban J connectivity index is 0.917. The van der Waals surface area contributed by atoms with Crippen LogP contribution in [0.3, 0.4) is 0 Å². The van der Waals surface area contributed by atoms with Crippen LogP contribution < -0.4 is 0 Å². The number of hydrogen-bond acceptors (Lipinski definition) is 7. The second kappa shape index (κ2) is 11.1. The highest BCUT2D eigenvalue weighted by atomic mass is 32.2. The van der Waals surface area contributed by atoms with E-state index in [0.29, 0.717) is 29.8 Å². The topological polar surface area (TPSA) is 63.2 Å². The van der Waals surface area contributed by atoms with Crippen LogP contribution in [0.15, 0.2) is 72.8 Å². The second-order valence-corrected chi connectivity index (χ2v) is 14.6. The summed E-state index contributed by atoms with van der Waals surface area (Å²) in [7, 11) is 0. The number of rotatable bonds is 6. The Kier molecular flexibility index (Phi) is 7.28. The molecule has 0 N–H and O–H groups in total. The highest BCUT2D eigenvalue weighted by molar-refractivity contribution is 8.14. The van der Waals surface area contributed by atoms with Gasteiger partial charge in [-0.2, -0.15) is 0 Å². The normalized spacial score (nSPS) is 35.4. The lowest BCUT2D eigenvalue weighted by atomic mass is 9.58. The highest BCUT2D eigenvalue weighted by Gasteiger charge is 2.69. The Hall–Kier alpha value is -2.52. The van der Waals surface area contributed by atoms with E-state index in [1.165, 1.54) is 34.0 Å². The predicted molar refractivity (Wildman–Crippen MR) is 169 cm³/mol. The number of thioether (sulfide) groups is 1. The fraction of sp³-hybridized carbons (Fsp3) is 0.486. The third-order valence-electron chi connectivity index (χ3n) is 11.0. The summed E-state index contributed by atoms with van der Waals surface area (Å²) in [6, 6.07) is 24.9. The molecule has 230 valence electrons. The SMILES string of the molecule is C[C@H]1[C@@H](OCc2ccc(C(=O)SCC3c4ccccc4-c4ccccc43)cc2)O[C@@H]2O[C@@]3(C)CC[C@H]4[C@H](C)CC[C@@H]1[C@@]24OO3. The van der Waals surface area contributed by atoms with Gasteiger partial charge in [-0.15, -0.1) is 0 Å². The van der Waals surface area contributed by atoms with E-state index in [1.54, 1.807) is 0 Å². The summed E-state index contributed by atoms with van der Waals surface area (Å²) in [5.41, 5.74) is 6.30. The maximum Gasteiger partial charge on any atom is 0.219 e. The van der Waals surface area contributed by atoms with Crippen molar-refractivity contribution in [3.05, 3.63) is 95.1 Å². The van der Waals surface area contributed by atoms with Crippen molar-refractivity contribution in [1.29, 1.82) is 0 Å². The number of benzene rings is 3. The molecular formula is C37H40O6S. The zero-order chi connectivity index (χ0) is 30.1. The Morgan fingerprint density at radius 2 is 1.59 bits per heavy atom. The van der Waals surface area contributed by atoms with E-state index in [1.807, 2.05) is 31.2 Å². The van der Waals surface area contributed by atoms with Crippen LogP contribution in [0.1, 0.15) is 79.4 Å². The van der Waals surface area contributed by atoms with Crippen LogP contribution in [0.25, 0.3) is 11.1 Å². The molecule has 1 spiro atoms. The molecule has 7 heteroatoms. The van der Waals surface area contributed by atoms with Crippen molar-refractivity contribution in [2.45, 2.75) is 82.9 Å². The summed E-state index contributed by atoms with van der Waals surface area (Å²) in [5.74, 6) is 1.35. The smallest absolute Gasteiger partial charge is 0.219 e. The summed E-state index contributed by atoms with van der Waals surface area (Å²) < 4.78 is 19.4. The molecule has 4 saturated heterocycles. The van der Waals surface area contributed by atoms with E-state index in [4.69, 9.17) is 24.0 Å². The average molecular weight is 613 g/mol. The molecule has 44 heavy (non-hydrogen) atoms. The van der Waals surface area contributed by atoms with Crippen molar-refractivity contribution >= 4 is 16.9 Å². The summed E-state index contributed by atoms with van der Waals surface area (Å²) in [5, 5.41) is 0.0891. The van der Waals surface area contributed by atoms with Gasteiger partial charge in [0.1, 0.15) is 0 Å². The monoisotopic (exact) mass is 612 g/mol. The molecule has 0 amide bonds. The van der Waals surface area contributed by atoms with Crippen LogP contribution in [0.2, 0.25) is 0 Å². The Labute approximate surface area is 263 Å². The quantitative estimate of drug-likeness (QED) is 0.261. The first-order valence-corrected chi connectivity index (χ1v) is 17.1. The van der Waals surface area contributed by atoms with Crippen LogP contribution in [-0.4, -0.2) is 34.8 Å². The van der Waals surface area contributed by atoms with Crippen molar-refractivity contribution in [2.75, 3.05) is 5.75 Å². The maximum atomic E-state index is 13.2. The van der Waals surface area contributed by atoms with Crippen molar-refractivity contribution < 1.29 is 28.8 Å². The first-order valence-electron chi connectivity index (χ1n) is 16.1. The van der Waals surface area contributed by atoms with Gasteiger partial charge in [0.25, 0.3) is 0 Å². The van der Waals surface area contributed by atoms with Gasteiger partial charge in [-0.1, -0.05) is 98.4 Å². The molecule has 3 aromatic carbocycles. The van der Waals surface area contributed by atoms with Crippen molar-refractivity contribution in [3.63, 3.8) is 0 Å². The molecule has 0 radical (unpaired) electrons. The molecule has 6 nitrogen and oxygen atoms in total. The third-order valence-corrected chi connectivity index (χ3v) is 12.0. The molecule has 5 fully saturated rings. The van der Waals surface area contributed by atoms with Gasteiger partial charge in [0.15, 0.2) is 18.2 Å². The molecule has 0 unspecified atom stereocenters. The lowest BCUT2D eigenvalue weighted by Crippen LogP contribution is -2.70. The molecule has 2 aliphatic carbocycles. The van der Waals surface area contributed by atoms with Gasteiger partial charge in [0.05, 0.1) is 6.61 Å². The molecule has 6 aliphatic rings. The summed E-state index contributed by atoms with van der Waals surface area (Å²) in [6.45, 7) is 6.87. The van der Waals surface area contributed by atoms with Crippen molar-refractivity contribution in [2.24, 2.45) is 23.7 Å². The van der Waals surface area contributed by atoms with E-state index < -0.39 is 24.0 Å². The van der Waals surface area contributed by atoms with Gasteiger partial charge in [0, 0.05) is 35.5 Å². The summed E-state index contributed by atoms with van der Waals surface area (Å²) >= 11 is 1.40. The van der Waals surface area contributed by atoms with E-state index in [9.17, 15) is 4.79 Å². The molecule has 4 heterocycles. The largest absolute Gasteiger partial charge is 0.348 e.